The van der Waals surface area contributed by atoms with Crippen LogP contribution >= 0.6 is 0 Å². The maximum Gasteiger partial charge on any atom is 0.225 e. The van der Waals surface area contributed by atoms with Gasteiger partial charge in [0.05, 0.1) is 12.3 Å². The zero-order valence-electron chi connectivity index (χ0n) is 13.4. The highest BCUT2D eigenvalue weighted by atomic mass is 16.3. The molecule has 120 valence electrons. The number of anilines is 1. The highest BCUT2D eigenvalue weighted by molar-refractivity contribution is 5.76. The second-order valence-corrected chi connectivity index (χ2v) is 6.61. The summed E-state index contributed by atoms with van der Waals surface area (Å²) >= 11 is 0. The lowest BCUT2D eigenvalue weighted by atomic mass is 9.77. The van der Waals surface area contributed by atoms with Gasteiger partial charge >= 0.3 is 0 Å². The standard InChI is InChI=1S/C16H24N4O2/c1-19(2)15-17-10-12-4-7-16(14(12)18-15)6-3-8-20(11-16)13(22)5-9-21/h10,21H,3-9,11H2,1-2H3. The summed E-state index contributed by atoms with van der Waals surface area (Å²) in [5, 5.41) is 9.01. The molecule has 1 atom stereocenters. The molecule has 3 rings (SSSR count). The Balaban J connectivity index is 1.89. The molecule has 0 radical (unpaired) electrons. The summed E-state index contributed by atoms with van der Waals surface area (Å²) in [5.74, 6) is 0.788. The van der Waals surface area contributed by atoms with E-state index in [2.05, 4.69) is 4.98 Å². The normalized spacial score (nSPS) is 23.7. The van der Waals surface area contributed by atoms with Crippen molar-refractivity contribution in [3.05, 3.63) is 17.5 Å². The monoisotopic (exact) mass is 304 g/mol. The lowest BCUT2D eigenvalue weighted by Crippen LogP contribution is -2.48. The van der Waals surface area contributed by atoms with Crippen molar-refractivity contribution in [3.63, 3.8) is 0 Å². The number of carbonyl (C=O) groups is 1. The summed E-state index contributed by atoms with van der Waals surface area (Å²) in [6.45, 7) is 1.44. The van der Waals surface area contributed by atoms with E-state index in [4.69, 9.17) is 10.1 Å². The van der Waals surface area contributed by atoms with Crippen LogP contribution in [0.5, 0.6) is 0 Å². The predicted octanol–water partition coefficient (Wildman–Crippen LogP) is 0.731. The van der Waals surface area contributed by atoms with Gasteiger partial charge in [-0.2, -0.15) is 0 Å². The highest BCUT2D eigenvalue weighted by Crippen LogP contribution is 2.44. The SMILES string of the molecule is CN(C)c1ncc2c(n1)C1(CCCN(C(=O)CCO)C1)CC2. The third-order valence-corrected chi connectivity index (χ3v) is 4.88. The largest absolute Gasteiger partial charge is 0.396 e. The third-order valence-electron chi connectivity index (χ3n) is 4.88. The quantitative estimate of drug-likeness (QED) is 0.891. The van der Waals surface area contributed by atoms with Crippen LogP contribution < -0.4 is 4.90 Å². The fourth-order valence-electron chi connectivity index (χ4n) is 3.74. The molecule has 0 saturated carbocycles. The molecule has 0 bridgehead atoms. The van der Waals surface area contributed by atoms with Gasteiger partial charge in [-0.1, -0.05) is 0 Å². The molecule has 2 aliphatic rings. The van der Waals surface area contributed by atoms with E-state index in [0.29, 0.717) is 0 Å². The Kier molecular flexibility index (Phi) is 4.04. The minimum absolute atomic E-state index is 0.0214. The number of aromatic nitrogens is 2. The number of piperidine rings is 1. The van der Waals surface area contributed by atoms with E-state index >= 15 is 0 Å². The highest BCUT2D eigenvalue weighted by Gasteiger charge is 2.44. The number of hydrogen-bond acceptors (Lipinski definition) is 5. The van der Waals surface area contributed by atoms with Crippen molar-refractivity contribution in [2.75, 3.05) is 38.7 Å². The van der Waals surface area contributed by atoms with E-state index in [1.54, 1.807) is 0 Å². The van der Waals surface area contributed by atoms with Gasteiger partial charge in [-0.15, -0.1) is 0 Å². The van der Waals surface area contributed by atoms with Crippen molar-refractivity contribution in [2.45, 2.75) is 37.5 Å². The maximum absolute atomic E-state index is 12.2. The molecular weight excluding hydrogens is 280 g/mol. The van der Waals surface area contributed by atoms with Crippen LogP contribution in [-0.4, -0.2) is 59.7 Å². The number of rotatable bonds is 3. The maximum atomic E-state index is 12.2. The second-order valence-electron chi connectivity index (χ2n) is 6.61. The first-order valence-corrected chi connectivity index (χ1v) is 7.98. The van der Waals surface area contributed by atoms with E-state index in [1.807, 2.05) is 30.1 Å². The van der Waals surface area contributed by atoms with Crippen LogP contribution in [0, 0.1) is 0 Å². The molecule has 1 aromatic heterocycles. The summed E-state index contributed by atoms with van der Waals surface area (Å²) in [4.78, 5) is 25.2. The van der Waals surface area contributed by atoms with Gasteiger partial charge in [-0.3, -0.25) is 4.79 Å². The average molecular weight is 304 g/mol. The summed E-state index contributed by atoms with van der Waals surface area (Å²) in [7, 11) is 3.89. The molecule has 0 aromatic carbocycles. The first kappa shape index (κ1) is 15.2. The number of hydrogen-bond donors (Lipinski definition) is 1. The number of aliphatic hydroxyl groups excluding tert-OH is 1. The zero-order valence-corrected chi connectivity index (χ0v) is 13.4. The van der Waals surface area contributed by atoms with Crippen LogP contribution in [0.4, 0.5) is 5.95 Å². The number of aliphatic hydroxyl groups is 1. The minimum atomic E-state index is -0.0775. The molecule has 1 aromatic rings. The predicted molar refractivity (Wildman–Crippen MR) is 83.9 cm³/mol. The molecule has 1 aliphatic carbocycles. The van der Waals surface area contributed by atoms with Crippen LogP contribution in [0.3, 0.4) is 0 Å². The molecule has 6 nitrogen and oxygen atoms in total. The van der Waals surface area contributed by atoms with Crippen LogP contribution in [0.25, 0.3) is 0 Å². The summed E-state index contributed by atoms with van der Waals surface area (Å²) in [6.07, 6.45) is 6.27. The third kappa shape index (κ3) is 2.56. The number of carbonyl (C=O) groups excluding carboxylic acids is 1. The number of amides is 1. The molecule has 1 N–H and O–H groups in total. The topological polar surface area (TPSA) is 69.6 Å². The van der Waals surface area contributed by atoms with Crippen molar-refractivity contribution in [3.8, 4) is 0 Å². The molecule has 6 heteroatoms. The van der Waals surface area contributed by atoms with Crippen molar-refractivity contribution < 1.29 is 9.90 Å². The lowest BCUT2D eigenvalue weighted by molar-refractivity contribution is -0.134. The van der Waals surface area contributed by atoms with Gasteiger partial charge in [0.25, 0.3) is 0 Å². The Hall–Kier alpha value is -1.69. The first-order chi connectivity index (χ1) is 10.6. The van der Waals surface area contributed by atoms with Gasteiger partial charge in [0.15, 0.2) is 0 Å². The van der Waals surface area contributed by atoms with Gasteiger partial charge in [-0.05, 0) is 31.2 Å². The van der Waals surface area contributed by atoms with Crippen molar-refractivity contribution in [1.29, 1.82) is 0 Å². The van der Waals surface area contributed by atoms with Crippen molar-refractivity contribution in [2.24, 2.45) is 0 Å². The summed E-state index contributed by atoms with van der Waals surface area (Å²) in [6, 6.07) is 0. The Bertz CT molecular complexity index is 571. The number of fused-ring (bicyclic) bond motifs is 2. The number of aryl methyl sites for hydroxylation is 1. The molecule has 1 fully saturated rings. The molecule has 1 unspecified atom stereocenters. The number of likely N-dealkylation sites (tertiary alicyclic amines) is 1. The molecular formula is C16H24N4O2. The van der Waals surface area contributed by atoms with E-state index in [-0.39, 0.29) is 24.3 Å². The van der Waals surface area contributed by atoms with Crippen LogP contribution in [0.15, 0.2) is 6.20 Å². The van der Waals surface area contributed by atoms with Crippen molar-refractivity contribution >= 4 is 11.9 Å². The van der Waals surface area contributed by atoms with E-state index in [0.717, 1.165) is 50.4 Å². The van der Waals surface area contributed by atoms with Crippen LogP contribution in [0.1, 0.15) is 36.9 Å². The molecule has 22 heavy (non-hydrogen) atoms. The summed E-state index contributed by atoms with van der Waals surface area (Å²) in [5.41, 5.74) is 2.33. The smallest absolute Gasteiger partial charge is 0.225 e. The van der Waals surface area contributed by atoms with Gasteiger partial charge < -0.3 is 14.9 Å². The van der Waals surface area contributed by atoms with E-state index < -0.39 is 0 Å². The Morgan fingerprint density at radius 1 is 1.45 bits per heavy atom. The first-order valence-electron chi connectivity index (χ1n) is 7.98. The van der Waals surface area contributed by atoms with Crippen molar-refractivity contribution in [1.82, 2.24) is 14.9 Å². The number of nitrogens with zero attached hydrogens (tertiary/aromatic N) is 4. The van der Waals surface area contributed by atoms with Gasteiger partial charge in [0.2, 0.25) is 11.9 Å². The molecule has 2 heterocycles. The fraction of sp³-hybridized carbons (Fsp3) is 0.688. The van der Waals surface area contributed by atoms with Gasteiger partial charge in [0.1, 0.15) is 0 Å². The van der Waals surface area contributed by atoms with E-state index in [9.17, 15) is 4.79 Å². The van der Waals surface area contributed by atoms with Crippen LogP contribution in [0.2, 0.25) is 0 Å². The fourth-order valence-corrected chi connectivity index (χ4v) is 3.74. The molecule has 1 amide bonds. The minimum Gasteiger partial charge on any atom is -0.396 e. The molecule has 1 saturated heterocycles. The van der Waals surface area contributed by atoms with Gasteiger partial charge in [-0.25, -0.2) is 9.97 Å². The zero-order chi connectivity index (χ0) is 15.7. The lowest BCUT2D eigenvalue weighted by Gasteiger charge is -2.40. The average Bonchev–Trinajstić information content (AvgIpc) is 2.85. The second kappa shape index (κ2) is 5.83. The van der Waals surface area contributed by atoms with E-state index in [1.165, 1.54) is 5.56 Å². The molecule has 1 aliphatic heterocycles. The Labute approximate surface area is 131 Å². The molecule has 1 spiro atoms. The Morgan fingerprint density at radius 2 is 2.27 bits per heavy atom. The van der Waals surface area contributed by atoms with Gasteiger partial charge in [0, 0.05) is 45.2 Å². The Morgan fingerprint density at radius 3 is 3.00 bits per heavy atom. The van der Waals surface area contributed by atoms with Crippen LogP contribution in [-0.2, 0) is 16.6 Å². The summed E-state index contributed by atoms with van der Waals surface area (Å²) < 4.78 is 0.